The molecular weight excluding hydrogens is 363 g/mol. The highest BCUT2D eigenvalue weighted by atomic mass is 79.9. The van der Waals surface area contributed by atoms with Crippen LogP contribution in [-0.2, 0) is 13.1 Å². The Morgan fingerprint density at radius 3 is 2.55 bits per heavy atom. The minimum Gasteiger partial charge on any atom is -0.309 e. The maximum atomic E-state index is 12.0. The third-order valence-electron chi connectivity index (χ3n) is 3.08. The highest BCUT2D eigenvalue weighted by Gasteiger charge is 2.20. The van der Waals surface area contributed by atoms with Crippen molar-refractivity contribution in [3.8, 4) is 0 Å². The van der Waals surface area contributed by atoms with Gasteiger partial charge >= 0.3 is 11.1 Å². The van der Waals surface area contributed by atoms with Gasteiger partial charge in [-0.25, -0.2) is 0 Å². The normalized spacial score (nSPS) is 14.7. The van der Waals surface area contributed by atoms with Gasteiger partial charge in [0.05, 0.1) is 6.54 Å². The number of rotatable bonds is 5. The van der Waals surface area contributed by atoms with Crippen LogP contribution in [0.2, 0.25) is 0 Å². The van der Waals surface area contributed by atoms with Crippen LogP contribution in [0.5, 0.6) is 0 Å². The van der Waals surface area contributed by atoms with Gasteiger partial charge in [0.15, 0.2) is 3.92 Å². The summed E-state index contributed by atoms with van der Waals surface area (Å²) in [7, 11) is 0.169. The number of hydrogen-bond acceptors (Lipinski definition) is 5. The maximum Gasteiger partial charge on any atom is 0.316 e. The summed E-state index contributed by atoms with van der Waals surface area (Å²) in [6.45, 7) is 0.940. The van der Waals surface area contributed by atoms with E-state index in [4.69, 9.17) is 0 Å². The first-order chi connectivity index (χ1) is 9.63. The molecule has 0 spiro atoms. The van der Waals surface area contributed by atoms with Crippen LogP contribution in [0.1, 0.15) is 5.01 Å². The largest absolute Gasteiger partial charge is 0.316 e. The van der Waals surface area contributed by atoms with Gasteiger partial charge in [0.25, 0.3) is 0 Å². The summed E-state index contributed by atoms with van der Waals surface area (Å²) in [4.78, 5) is 24.1. The standard InChI is InChI=1S/C11H12BrN4O2PS/c12-11-14-13-8(20-11)7-16-2-1-15(9(17)10(16)18)3-4-19-5-6-19/h1-2H,3-7H2. The molecule has 1 fully saturated rings. The molecule has 0 atom stereocenters. The lowest BCUT2D eigenvalue weighted by molar-refractivity contribution is 0.651. The lowest BCUT2D eigenvalue weighted by Crippen LogP contribution is -2.41. The molecule has 2 aromatic heterocycles. The van der Waals surface area contributed by atoms with Gasteiger partial charge in [-0.15, -0.1) is 18.1 Å². The molecule has 0 radical (unpaired) electrons. The van der Waals surface area contributed by atoms with Gasteiger partial charge in [-0.3, -0.25) is 9.59 Å². The van der Waals surface area contributed by atoms with E-state index in [1.54, 1.807) is 12.4 Å². The molecule has 9 heteroatoms. The summed E-state index contributed by atoms with van der Waals surface area (Å²) in [5.41, 5.74) is -0.949. The van der Waals surface area contributed by atoms with Crippen molar-refractivity contribution < 1.29 is 0 Å². The molecule has 0 aromatic carbocycles. The van der Waals surface area contributed by atoms with E-state index in [1.165, 1.54) is 32.8 Å². The first kappa shape index (κ1) is 14.1. The minimum absolute atomic E-state index is 0.169. The zero-order chi connectivity index (χ0) is 14.1. The SMILES string of the molecule is O=c1c(=O)n(Cc2nnc(Br)s2)ccn1CCP1CC1. The van der Waals surface area contributed by atoms with E-state index in [-0.39, 0.29) is 14.5 Å². The molecule has 0 aliphatic carbocycles. The highest BCUT2D eigenvalue weighted by Crippen LogP contribution is 2.49. The molecule has 3 heterocycles. The quantitative estimate of drug-likeness (QED) is 0.581. The summed E-state index contributed by atoms with van der Waals surface area (Å²) in [5, 5.41) is 8.45. The van der Waals surface area contributed by atoms with Crippen LogP contribution in [-0.4, -0.2) is 37.8 Å². The predicted molar refractivity (Wildman–Crippen MR) is 83.2 cm³/mol. The van der Waals surface area contributed by atoms with Crippen LogP contribution in [0.3, 0.4) is 0 Å². The van der Waals surface area contributed by atoms with E-state index in [1.807, 2.05) is 0 Å². The molecule has 0 unspecified atom stereocenters. The van der Waals surface area contributed by atoms with Crippen molar-refractivity contribution in [2.45, 2.75) is 13.1 Å². The second-order valence-electron chi connectivity index (χ2n) is 4.52. The van der Waals surface area contributed by atoms with Gasteiger partial charge in [-0.1, -0.05) is 11.3 Å². The maximum absolute atomic E-state index is 12.0. The molecule has 6 nitrogen and oxygen atoms in total. The van der Waals surface area contributed by atoms with E-state index < -0.39 is 11.1 Å². The summed E-state index contributed by atoms with van der Waals surface area (Å²) in [6.07, 6.45) is 7.01. The van der Waals surface area contributed by atoms with Crippen LogP contribution in [0.15, 0.2) is 25.9 Å². The van der Waals surface area contributed by atoms with Crippen molar-refractivity contribution in [2.24, 2.45) is 0 Å². The van der Waals surface area contributed by atoms with Gasteiger partial charge in [0.2, 0.25) is 0 Å². The average Bonchev–Trinajstić information content (AvgIpc) is 3.17. The fourth-order valence-corrected chi connectivity index (χ4v) is 4.54. The number of aryl methyl sites for hydroxylation is 1. The van der Waals surface area contributed by atoms with Crippen molar-refractivity contribution in [1.29, 1.82) is 0 Å². The third kappa shape index (κ3) is 3.24. The Morgan fingerprint density at radius 2 is 1.90 bits per heavy atom. The lowest BCUT2D eigenvalue weighted by atomic mass is 10.5. The Balaban J connectivity index is 1.80. The summed E-state index contributed by atoms with van der Waals surface area (Å²) < 4.78 is 3.57. The van der Waals surface area contributed by atoms with Crippen LogP contribution in [0.4, 0.5) is 0 Å². The second kappa shape index (κ2) is 5.87. The minimum atomic E-state index is -0.498. The Bertz CT molecular complexity index is 737. The smallest absolute Gasteiger partial charge is 0.309 e. The topological polar surface area (TPSA) is 69.8 Å². The van der Waals surface area contributed by atoms with E-state index in [0.717, 1.165) is 6.16 Å². The first-order valence-electron chi connectivity index (χ1n) is 6.13. The van der Waals surface area contributed by atoms with Gasteiger partial charge in [-0.05, 0) is 34.4 Å². The zero-order valence-corrected chi connectivity index (χ0v) is 13.8. The first-order valence-corrected chi connectivity index (χ1v) is 9.64. The molecule has 3 rings (SSSR count). The number of aromatic nitrogens is 4. The van der Waals surface area contributed by atoms with Crippen molar-refractivity contribution in [2.75, 3.05) is 18.5 Å². The average molecular weight is 375 g/mol. The van der Waals surface area contributed by atoms with Crippen molar-refractivity contribution >= 4 is 35.2 Å². The van der Waals surface area contributed by atoms with E-state index in [2.05, 4.69) is 26.1 Å². The Morgan fingerprint density at radius 1 is 1.20 bits per heavy atom. The molecule has 0 bridgehead atoms. The Hall–Kier alpha value is -0.850. The van der Waals surface area contributed by atoms with Crippen LogP contribution >= 0.6 is 35.2 Å². The van der Waals surface area contributed by atoms with Gasteiger partial charge < -0.3 is 9.13 Å². The zero-order valence-electron chi connectivity index (χ0n) is 10.5. The number of nitrogens with zero attached hydrogens (tertiary/aromatic N) is 4. The lowest BCUT2D eigenvalue weighted by Gasteiger charge is -2.07. The van der Waals surface area contributed by atoms with Gasteiger partial charge in [0, 0.05) is 18.9 Å². The van der Waals surface area contributed by atoms with Crippen LogP contribution in [0, 0.1) is 0 Å². The molecule has 1 aliphatic heterocycles. The molecule has 0 N–H and O–H groups in total. The second-order valence-corrected chi connectivity index (χ2v) is 9.54. The monoisotopic (exact) mass is 374 g/mol. The Kier molecular flexibility index (Phi) is 4.14. The van der Waals surface area contributed by atoms with Gasteiger partial charge in [-0.2, -0.15) is 0 Å². The molecule has 1 saturated heterocycles. The predicted octanol–water partition coefficient (Wildman–Crippen LogP) is 1.17. The molecule has 2 aromatic rings. The van der Waals surface area contributed by atoms with Crippen molar-refractivity contribution in [1.82, 2.24) is 19.3 Å². The fourth-order valence-electron chi connectivity index (χ4n) is 1.83. The highest BCUT2D eigenvalue weighted by molar-refractivity contribution is 9.11. The van der Waals surface area contributed by atoms with Crippen LogP contribution in [0.25, 0.3) is 0 Å². The molecule has 1 aliphatic rings. The molecule has 106 valence electrons. The number of halogens is 1. The third-order valence-corrected chi connectivity index (χ3v) is 6.33. The summed E-state index contributed by atoms with van der Waals surface area (Å²) in [6, 6.07) is 0. The summed E-state index contributed by atoms with van der Waals surface area (Å²) >= 11 is 4.58. The van der Waals surface area contributed by atoms with Crippen molar-refractivity contribution in [3.05, 3.63) is 42.0 Å². The molecule has 0 amide bonds. The van der Waals surface area contributed by atoms with Gasteiger partial charge in [0.1, 0.15) is 5.01 Å². The fraction of sp³-hybridized carbons (Fsp3) is 0.455. The van der Waals surface area contributed by atoms with E-state index in [9.17, 15) is 9.59 Å². The van der Waals surface area contributed by atoms with E-state index in [0.29, 0.717) is 15.5 Å². The molecular formula is C11H12BrN4O2PS. The number of hydrogen-bond donors (Lipinski definition) is 0. The van der Waals surface area contributed by atoms with E-state index >= 15 is 0 Å². The molecule has 20 heavy (non-hydrogen) atoms. The van der Waals surface area contributed by atoms with Crippen LogP contribution < -0.4 is 11.1 Å². The Labute approximate surface area is 128 Å². The van der Waals surface area contributed by atoms with Crippen molar-refractivity contribution in [3.63, 3.8) is 0 Å². The molecule has 0 saturated carbocycles. The summed E-state index contributed by atoms with van der Waals surface area (Å²) in [5.74, 6) is 0.